The Balaban J connectivity index is 1.86. The lowest BCUT2D eigenvalue weighted by atomic mass is 9.37. The van der Waals surface area contributed by atoms with Crippen molar-refractivity contribution in [1.29, 1.82) is 0 Å². The molecule has 0 radical (unpaired) electrons. The minimum Gasteiger partial charge on any atom is -0.393 e. The van der Waals surface area contributed by atoms with E-state index in [1.165, 1.54) is 44.9 Å². The molecule has 1 N–H and O–H groups in total. The van der Waals surface area contributed by atoms with Crippen LogP contribution in [0.25, 0.3) is 0 Å². The molecule has 0 amide bonds. The fourth-order valence-corrected chi connectivity index (χ4v) is 8.48. The summed E-state index contributed by atoms with van der Waals surface area (Å²) in [5, 5.41) is 10.8. The summed E-state index contributed by atoms with van der Waals surface area (Å²) < 4.78 is 0. The van der Waals surface area contributed by atoms with Crippen LogP contribution in [0.2, 0.25) is 0 Å². The topological polar surface area (TPSA) is 20.2 Å². The Labute approximate surface area is 130 Å². The molecule has 0 aromatic heterocycles. The van der Waals surface area contributed by atoms with Crippen molar-refractivity contribution in [2.45, 2.75) is 92.1 Å². The van der Waals surface area contributed by atoms with Crippen LogP contribution in [0.1, 0.15) is 86.0 Å². The van der Waals surface area contributed by atoms with Crippen LogP contribution in [-0.2, 0) is 0 Å². The van der Waals surface area contributed by atoms with E-state index in [-0.39, 0.29) is 11.5 Å². The molecule has 4 aliphatic carbocycles. The molecule has 0 unspecified atom stereocenters. The predicted molar refractivity (Wildman–Crippen MR) is 87.0 cm³/mol. The molecule has 4 aliphatic rings. The zero-order valence-corrected chi connectivity index (χ0v) is 14.8. The maximum Gasteiger partial charge on any atom is 0.0599 e. The van der Waals surface area contributed by atoms with Gasteiger partial charge >= 0.3 is 0 Å². The number of fused-ring (bicyclic) bond motifs is 2. The monoisotopic (exact) mass is 290 g/mol. The number of hydrogen-bond acceptors (Lipinski definition) is 1. The largest absolute Gasteiger partial charge is 0.393 e. The van der Waals surface area contributed by atoms with Gasteiger partial charge in [-0.05, 0) is 77.9 Å². The van der Waals surface area contributed by atoms with E-state index in [0.717, 1.165) is 12.3 Å². The molecule has 0 aliphatic heterocycles. The maximum absolute atomic E-state index is 10.8. The van der Waals surface area contributed by atoms with Gasteiger partial charge in [-0.1, -0.05) is 41.0 Å². The lowest BCUT2D eigenvalue weighted by molar-refractivity contribution is -0.194. The van der Waals surface area contributed by atoms with E-state index >= 15 is 0 Å². The van der Waals surface area contributed by atoms with E-state index in [2.05, 4.69) is 34.6 Å². The van der Waals surface area contributed by atoms with E-state index in [4.69, 9.17) is 0 Å². The van der Waals surface area contributed by atoms with E-state index < -0.39 is 0 Å². The fraction of sp³-hybridized carbons (Fsp3) is 1.00. The standard InChI is InChI=1S/C20H34O/c1-16(2)8-6-9-19(5)14(16)7-10-18(4)12-17(3)13-20(18,19)11-15(17)21/h14-15,21H,6-13H2,1-5H3/t14-,15+,17-,18-,19-,20+/m0/s1. The summed E-state index contributed by atoms with van der Waals surface area (Å²) in [6.07, 6.45) is 10.6. The second kappa shape index (κ2) is 3.71. The zero-order valence-electron chi connectivity index (χ0n) is 14.8. The zero-order chi connectivity index (χ0) is 15.3. The summed E-state index contributed by atoms with van der Waals surface area (Å²) in [5.74, 6) is 0.861. The first-order valence-corrected chi connectivity index (χ1v) is 9.27. The van der Waals surface area contributed by atoms with Gasteiger partial charge in [0.25, 0.3) is 0 Å². The average molecular weight is 290 g/mol. The van der Waals surface area contributed by atoms with Gasteiger partial charge in [-0.25, -0.2) is 0 Å². The third kappa shape index (κ3) is 1.44. The predicted octanol–water partition coefficient (Wildman–Crippen LogP) is 5.17. The third-order valence-electron chi connectivity index (χ3n) is 9.31. The Morgan fingerprint density at radius 1 is 0.905 bits per heavy atom. The first kappa shape index (κ1) is 14.5. The molecule has 4 fully saturated rings. The Kier molecular flexibility index (Phi) is 2.57. The normalized spacial score (nSPS) is 61.4. The van der Waals surface area contributed by atoms with Gasteiger partial charge in [0, 0.05) is 0 Å². The smallest absolute Gasteiger partial charge is 0.0599 e. The second-order valence-corrected chi connectivity index (χ2v) is 10.7. The number of aliphatic hydroxyl groups excluding tert-OH is 1. The summed E-state index contributed by atoms with van der Waals surface area (Å²) >= 11 is 0. The maximum atomic E-state index is 10.8. The molecule has 1 heteroatoms. The van der Waals surface area contributed by atoms with E-state index in [0.29, 0.717) is 21.7 Å². The van der Waals surface area contributed by atoms with Gasteiger partial charge in [-0.2, -0.15) is 0 Å². The van der Waals surface area contributed by atoms with Gasteiger partial charge in [0.2, 0.25) is 0 Å². The molecular formula is C20H34O. The van der Waals surface area contributed by atoms with Gasteiger partial charge in [-0.3, -0.25) is 0 Å². The molecule has 120 valence electrons. The highest BCUT2D eigenvalue weighted by Gasteiger charge is 2.76. The molecule has 1 spiro atoms. The summed E-state index contributed by atoms with van der Waals surface area (Å²) in [5.41, 5.74) is 2.05. The van der Waals surface area contributed by atoms with Crippen LogP contribution in [0.15, 0.2) is 0 Å². The van der Waals surface area contributed by atoms with Gasteiger partial charge in [0.05, 0.1) is 6.10 Å². The molecule has 4 rings (SSSR count). The number of hydrogen-bond donors (Lipinski definition) is 1. The van der Waals surface area contributed by atoms with Gasteiger partial charge in [-0.15, -0.1) is 0 Å². The lowest BCUT2D eigenvalue weighted by Crippen LogP contribution is -2.60. The first-order valence-electron chi connectivity index (χ1n) is 9.27. The Bertz CT molecular complexity index is 482. The molecule has 21 heavy (non-hydrogen) atoms. The second-order valence-electron chi connectivity index (χ2n) is 10.7. The van der Waals surface area contributed by atoms with Crippen LogP contribution in [0.5, 0.6) is 0 Å². The summed E-state index contributed by atoms with van der Waals surface area (Å²) in [6.45, 7) is 12.6. The number of rotatable bonds is 0. The SMILES string of the molecule is CC1(C)CCC[C@@]2(C)[C@H]1CC[C@@]1(C)C[C@@]3(C)C[C@]12C[C@H]3O. The minimum absolute atomic E-state index is 0.0498. The van der Waals surface area contributed by atoms with E-state index in [1.807, 2.05) is 0 Å². The molecule has 1 nitrogen and oxygen atoms in total. The quantitative estimate of drug-likeness (QED) is 0.652. The van der Waals surface area contributed by atoms with Crippen molar-refractivity contribution < 1.29 is 5.11 Å². The van der Waals surface area contributed by atoms with E-state index in [1.54, 1.807) is 0 Å². The van der Waals surface area contributed by atoms with Crippen LogP contribution >= 0.6 is 0 Å². The molecule has 2 bridgehead atoms. The van der Waals surface area contributed by atoms with Crippen LogP contribution in [0.3, 0.4) is 0 Å². The highest BCUT2D eigenvalue weighted by molar-refractivity contribution is 5.25. The van der Waals surface area contributed by atoms with Crippen molar-refractivity contribution in [3.05, 3.63) is 0 Å². The van der Waals surface area contributed by atoms with Crippen molar-refractivity contribution in [3.8, 4) is 0 Å². The van der Waals surface area contributed by atoms with Crippen LogP contribution in [0, 0.1) is 33.0 Å². The third-order valence-corrected chi connectivity index (χ3v) is 9.31. The summed E-state index contributed by atoms with van der Waals surface area (Å²) in [4.78, 5) is 0. The van der Waals surface area contributed by atoms with Crippen LogP contribution in [-0.4, -0.2) is 11.2 Å². The van der Waals surface area contributed by atoms with Crippen molar-refractivity contribution in [3.63, 3.8) is 0 Å². The van der Waals surface area contributed by atoms with Crippen molar-refractivity contribution in [1.82, 2.24) is 0 Å². The molecule has 0 saturated heterocycles. The van der Waals surface area contributed by atoms with Crippen molar-refractivity contribution in [2.75, 3.05) is 0 Å². The van der Waals surface area contributed by atoms with E-state index in [9.17, 15) is 5.11 Å². The fourth-order valence-electron chi connectivity index (χ4n) is 8.48. The molecule has 0 aromatic rings. The van der Waals surface area contributed by atoms with Crippen LogP contribution in [0.4, 0.5) is 0 Å². The highest BCUT2D eigenvalue weighted by atomic mass is 16.3. The first-order chi connectivity index (χ1) is 9.59. The molecule has 0 aromatic carbocycles. The average Bonchev–Trinajstić information content (AvgIpc) is 2.73. The molecule has 4 saturated carbocycles. The van der Waals surface area contributed by atoms with Crippen molar-refractivity contribution >= 4 is 0 Å². The number of aliphatic hydroxyl groups is 1. The summed E-state index contributed by atoms with van der Waals surface area (Å²) in [6, 6.07) is 0. The Morgan fingerprint density at radius 3 is 2.29 bits per heavy atom. The highest BCUT2D eigenvalue weighted by Crippen LogP contribution is 2.82. The Hall–Kier alpha value is -0.0400. The molecule has 6 atom stereocenters. The van der Waals surface area contributed by atoms with Gasteiger partial charge in [0.15, 0.2) is 0 Å². The Morgan fingerprint density at radius 2 is 1.62 bits per heavy atom. The van der Waals surface area contributed by atoms with Crippen LogP contribution < -0.4 is 0 Å². The summed E-state index contributed by atoms with van der Waals surface area (Å²) in [7, 11) is 0. The minimum atomic E-state index is -0.0498. The van der Waals surface area contributed by atoms with Gasteiger partial charge in [0.1, 0.15) is 0 Å². The van der Waals surface area contributed by atoms with Gasteiger partial charge < -0.3 is 5.11 Å². The van der Waals surface area contributed by atoms with Crippen molar-refractivity contribution in [2.24, 2.45) is 33.0 Å². The molecule has 0 heterocycles. The lowest BCUT2D eigenvalue weighted by Gasteiger charge is -2.67. The molecular weight excluding hydrogens is 256 g/mol.